The molecule has 1 amide bonds. The van der Waals surface area contributed by atoms with Crippen molar-refractivity contribution in [1.29, 1.82) is 0 Å². The molecular weight excluding hydrogens is 243 g/mol. The van der Waals surface area contributed by atoms with Crippen LogP contribution < -0.4 is 11.1 Å². The van der Waals surface area contributed by atoms with Gasteiger partial charge in [0.25, 0.3) is 0 Å². The Morgan fingerprint density at radius 1 is 1.05 bits per heavy atom. The molecule has 3 N–H and O–H groups in total. The predicted octanol–water partition coefficient (Wildman–Crippen LogP) is 2.27. The summed E-state index contributed by atoms with van der Waals surface area (Å²) < 4.78 is 13.4. The Bertz CT molecular complexity index is 584. The Morgan fingerprint density at radius 3 is 2.37 bits per heavy atom. The highest BCUT2D eigenvalue weighted by Crippen LogP contribution is 2.10. The summed E-state index contributed by atoms with van der Waals surface area (Å²) in [6, 6.07) is 13.6. The number of nitrogen functional groups attached to an aromatic ring is 1. The van der Waals surface area contributed by atoms with E-state index in [1.165, 1.54) is 6.07 Å². The van der Waals surface area contributed by atoms with E-state index in [0.717, 1.165) is 5.56 Å². The zero-order valence-corrected chi connectivity index (χ0v) is 10.4. The summed E-state index contributed by atoms with van der Waals surface area (Å²) in [6.07, 6.45) is 0.0272. The summed E-state index contributed by atoms with van der Waals surface area (Å²) in [5.74, 6) is -0.592. The van der Waals surface area contributed by atoms with Crippen LogP contribution in [0.4, 0.5) is 10.1 Å². The van der Waals surface area contributed by atoms with E-state index in [9.17, 15) is 9.18 Å². The Hall–Kier alpha value is -2.36. The molecule has 0 saturated heterocycles. The number of hydrogen-bond donors (Lipinski definition) is 2. The summed E-state index contributed by atoms with van der Waals surface area (Å²) in [6.45, 7) is 0.347. The second-order valence-electron chi connectivity index (χ2n) is 4.24. The van der Waals surface area contributed by atoms with Gasteiger partial charge in [0.15, 0.2) is 0 Å². The summed E-state index contributed by atoms with van der Waals surface area (Å²) in [5.41, 5.74) is 7.65. The molecule has 0 heterocycles. The molecule has 2 rings (SSSR count). The third-order valence-electron chi connectivity index (χ3n) is 2.84. The van der Waals surface area contributed by atoms with Gasteiger partial charge >= 0.3 is 0 Å². The first kappa shape index (κ1) is 13.1. The van der Waals surface area contributed by atoms with Crippen molar-refractivity contribution in [3.63, 3.8) is 0 Å². The van der Waals surface area contributed by atoms with Crippen LogP contribution in [0.1, 0.15) is 11.1 Å². The van der Waals surface area contributed by atoms with Gasteiger partial charge in [-0.05, 0) is 23.3 Å². The molecule has 0 aromatic heterocycles. The van der Waals surface area contributed by atoms with E-state index >= 15 is 0 Å². The highest BCUT2D eigenvalue weighted by molar-refractivity contribution is 5.78. The summed E-state index contributed by atoms with van der Waals surface area (Å²) >= 11 is 0. The predicted molar refractivity (Wildman–Crippen MR) is 72.8 cm³/mol. The number of para-hydroxylation sites is 1. The molecule has 19 heavy (non-hydrogen) atoms. The van der Waals surface area contributed by atoms with Crippen LogP contribution in [0.15, 0.2) is 48.5 Å². The molecule has 3 nitrogen and oxygen atoms in total. The molecule has 2 aromatic carbocycles. The molecule has 0 unspecified atom stereocenters. The number of carbonyl (C=O) groups is 1. The fourth-order valence-electron chi connectivity index (χ4n) is 1.77. The number of benzene rings is 2. The fourth-order valence-corrected chi connectivity index (χ4v) is 1.77. The van der Waals surface area contributed by atoms with Crippen LogP contribution >= 0.6 is 0 Å². The SMILES string of the molecule is Nc1ccccc1CNC(=O)Cc1ccccc1F. The fraction of sp³-hybridized carbons (Fsp3) is 0.133. The molecule has 0 atom stereocenters. The lowest BCUT2D eigenvalue weighted by Gasteiger charge is -2.08. The van der Waals surface area contributed by atoms with Gasteiger partial charge in [-0.3, -0.25) is 4.79 Å². The van der Waals surface area contributed by atoms with E-state index in [1.807, 2.05) is 18.2 Å². The van der Waals surface area contributed by atoms with E-state index in [-0.39, 0.29) is 18.1 Å². The zero-order valence-electron chi connectivity index (χ0n) is 10.4. The van der Waals surface area contributed by atoms with Gasteiger partial charge in [-0.25, -0.2) is 4.39 Å². The zero-order chi connectivity index (χ0) is 13.7. The van der Waals surface area contributed by atoms with E-state index in [1.54, 1.807) is 24.3 Å². The maximum atomic E-state index is 13.4. The molecule has 0 aliphatic carbocycles. The van der Waals surface area contributed by atoms with Gasteiger partial charge in [0.05, 0.1) is 6.42 Å². The number of amides is 1. The third-order valence-corrected chi connectivity index (χ3v) is 2.84. The Morgan fingerprint density at radius 2 is 1.68 bits per heavy atom. The largest absolute Gasteiger partial charge is 0.398 e. The van der Waals surface area contributed by atoms with E-state index < -0.39 is 0 Å². The minimum absolute atomic E-state index is 0.0272. The Kier molecular flexibility index (Phi) is 4.13. The number of carbonyl (C=O) groups excluding carboxylic acids is 1. The molecule has 0 saturated carbocycles. The van der Waals surface area contributed by atoms with Crippen molar-refractivity contribution in [2.45, 2.75) is 13.0 Å². The van der Waals surface area contributed by atoms with Crippen molar-refractivity contribution in [3.05, 3.63) is 65.5 Å². The number of nitrogens with one attached hydrogen (secondary N) is 1. The molecule has 0 aliphatic rings. The van der Waals surface area contributed by atoms with E-state index in [4.69, 9.17) is 5.73 Å². The van der Waals surface area contributed by atoms with Gasteiger partial charge in [0.2, 0.25) is 5.91 Å². The van der Waals surface area contributed by atoms with Crippen LogP contribution in [0.25, 0.3) is 0 Å². The van der Waals surface area contributed by atoms with Gasteiger partial charge in [0.1, 0.15) is 5.82 Å². The summed E-state index contributed by atoms with van der Waals surface area (Å²) in [5, 5.41) is 2.73. The summed E-state index contributed by atoms with van der Waals surface area (Å²) in [4.78, 5) is 11.7. The van der Waals surface area contributed by atoms with E-state index in [2.05, 4.69) is 5.32 Å². The van der Waals surface area contributed by atoms with Crippen LogP contribution in [0.3, 0.4) is 0 Å². The maximum absolute atomic E-state index is 13.4. The normalized spacial score (nSPS) is 10.2. The smallest absolute Gasteiger partial charge is 0.224 e. The number of hydrogen-bond acceptors (Lipinski definition) is 2. The first-order valence-electron chi connectivity index (χ1n) is 6.00. The number of nitrogens with two attached hydrogens (primary N) is 1. The standard InChI is InChI=1S/C15H15FN2O/c16-13-7-3-1-5-11(13)9-15(19)18-10-12-6-2-4-8-14(12)17/h1-8H,9-10,17H2,(H,18,19). The Labute approximate surface area is 111 Å². The van der Waals surface area contributed by atoms with Gasteiger partial charge in [0, 0.05) is 12.2 Å². The first-order valence-corrected chi connectivity index (χ1v) is 6.00. The van der Waals surface area contributed by atoms with Crippen molar-refractivity contribution >= 4 is 11.6 Å². The highest BCUT2D eigenvalue weighted by Gasteiger charge is 2.07. The first-order chi connectivity index (χ1) is 9.16. The van der Waals surface area contributed by atoms with Gasteiger partial charge in [-0.1, -0.05) is 36.4 Å². The molecule has 0 radical (unpaired) electrons. The molecule has 4 heteroatoms. The monoisotopic (exact) mass is 258 g/mol. The number of rotatable bonds is 4. The molecule has 0 fully saturated rings. The number of halogens is 1. The quantitative estimate of drug-likeness (QED) is 0.826. The molecule has 98 valence electrons. The van der Waals surface area contributed by atoms with Crippen molar-refractivity contribution in [2.24, 2.45) is 0 Å². The van der Waals surface area contributed by atoms with Crippen molar-refractivity contribution < 1.29 is 9.18 Å². The second kappa shape index (κ2) is 6.00. The molecule has 0 aliphatic heterocycles. The highest BCUT2D eigenvalue weighted by atomic mass is 19.1. The van der Waals surface area contributed by atoms with Gasteiger partial charge in [-0.2, -0.15) is 0 Å². The van der Waals surface area contributed by atoms with Gasteiger partial charge in [-0.15, -0.1) is 0 Å². The van der Waals surface area contributed by atoms with Gasteiger partial charge < -0.3 is 11.1 Å². The van der Waals surface area contributed by atoms with Crippen molar-refractivity contribution in [1.82, 2.24) is 5.32 Å². The maximum Gasteiger partial charge on any atom is 0.224 e. The lowest BCUT2D eigenvalue weighted by atomic mass is 10.1. The Balaban J connectivity index is 1.92. The van der Waals surface area contributed by atoms with Crippen molar-refractivity contribution in [2.75, 3.05) is 5.73 Å². The minimum Gasteiger partial charge on any atom is -0.398 e. The van der Waals surface area contributed by atoms with Crippen molar-refractivity contribution in [3.8, 4) is 0 Å². The van der Waals surface area contributed by atoms with E-state index in [0.29, 0.717) is 17.8 Å². The van der Waals surface area contributed by atoms with Crippen LogP contribution in [0.5, 0.6) is 0 Å². The molecular formula is C15H15FN2O. The second-order valence-corrected chi connectivity index (χ2v) is 4.24. The van der Waals surface area contributed by atoms with Crippen LogP contribution in [-0.2, 0) is 17.8 Å². The number of anilines is 1. The van der Waals surface area contributed by atoms with Crippen LogP contribution in [-0.4, -0.2) is 5.91 Å². The minimum atomic E-state index is -0.364. The summed E-state index contributed by atoms with van der Waals surface area (Å²) in [7, 11) is 0. The van der Waals surface area contributed by atoms with Crippen LogP contribution in [0.2, 0.25) is 0 Å². The topological polar surface area (TPSA) is 55.1 Å². The molecule has 0 spiro atoms. The average molecular weight is 258 g/mol. The molecule has 0 bridgehead atoms. The lowest BCUT2D eigenvalue weighted by molar-refractivity contribution is -0.120. The lowest BCUT2D eigenvalue weighted by Crippen LogP contribution is -2.25. The average Bonchev–Trinajstić information content (AvgIpc) is 2.40. The third kappa shape index (κ3) is 3.55. The van der Waals surface area contributed by atoms with Crippen LogP contribution in [0, 0.1) is 5.82 Å². The molecule has 2 aromatic rings.